The van der Waals surface area contributed by atoms with Crippen LogP contribution in [0.3, 0.4) is 0 Å². The number of nitrogen functional groups attached to an aromatic ring is 1. The molecule has 0 bridgehead atoms. The molecular weight excluding hydrogens is 176 g/mol. The third-order valence-corrected chi connectivity index (χ3v) is 2.66. The fourth-order valence-electron chi connectivity index (χ4n) is 1.97. The molecule has 0 spiro atoms. The van der Waals surface area contributed by atoms with Crippen LogP contribution in [0.15, 0.2) is 12.4 Å². The van der Waals surface area contributed by atoms with E-state index in [1.807, 2.05) is 0 Å². The third kappa shape index (κ3) is 1.78. The van der Waals surface area contributed by atoms with Gasteiger partial charge in [0.2, 0.25) is 0 Å². The number of hydrogen-bond donors (Lipinski definition) is 1. The van der Waals surface area contributed by atoms with Crippen LogP contribution in [0, 0.1) is 5.92 Å². The Balaban J connectivity index is 2.18. The second kappa shape index (κ2) is 3.82. The summed E-state index contributed by atoms with van der Waals surface area (Å²) in [6, 6.07) is 0. The number of piperidine rings is 1. The third-order valence-electron chi connectivity index (χ3n) is 2.66. The molecule has 1 aromatic rings. The molecule has 4 heteroatoms. The minimum atomic E-state index is 0.543. The number of aromatic nitrogens is 2. The molecule has 2 rings (SSSR count). The summed E-state index contributed by atoms with van der Waals surface area (Å²) >= 11 is 0. The van der Waals surface area contributed by atoms with E-state index in [2.05, 4.69) is 21.8 Å². The van der Waals surface area contributed by atoms with Gasteiger partial charge in [0, 0.05) is 25.5 Å². The molecule has 1 aliphatic rings. The van der Waals surface area contributed by atoms with Crippen LogP contribution in [-0.2, 0) is 0 Å². The second-order valence-electron chi connectivity index (χ2n) is 3.96. The maximum absolute atomic E-state index is 5.78. The van der Waals surface area contributed by atoms with E-state index in [1.165, 1.54) is 12.8 Å². The molecule has 1 aromatic heterocycles. The van der Waals surface area contributed by atoms with Gasteiger partial charge in [-0.05, 0) is 18.8 Å². The molecule has 0 amide bonds. The van der Waals surface area contributed by atoms with Gasteiger partial charge in [-0.15, -0.1) is 0 Å². The summed E-state index contributed by atoms with van der Waals surface area (Å²) in [6.45, 7) is 4.36. The summed E-state index contributed by atoms with van der Waals surface area (Å²) in [6.07, 6.45) is 5.85. The van der Waals surface area contributed by atoms with Crippen LogP contribution in [0.25, 0.3) is 0 Å². The van der Waals surface area contributed by atoms with Gasteiger partial charge in [-0.2, -0.15) is 0 Å². The summed E-state index contributed by atoms with van der Waals surface area (Å²) in [5.41, 5.74) is 5.78. The smallest absolute Gasteiger partial charge is 0.171 e. The predicted octanol–water partition coefficient (Wildman–Crippen LogP) is 1.30. The molecular formula is C10H16N4. The van der Waals surface area contributed by atoms with Crippen LogP contribution in [-0.4, -0.2) is 23.1 Å². The molecule has 0 aliphatic carbocycles. The van der Waals surface area contributed by atoms with Gasteiger partial charge in [-0.25, -0.2) is 9.97 Å². The van der Waals surface area contributed by atoms with Gasteiger partial charge in [0.25, 0.3) is 0 Å². The van der Waals surface area contributed by atoms with Crippen LogP contribution in [0.4, 0.5) is 11.6 Å². The highest BCUT2D eigenvalue weighted by molar-refractivity contribution is 5.57. The highest BCUT2D eigenvalue weighted by atomic mass is 15.2. The minimum Gasteiger partial charge on any atom is -0.381 e. The average molecular weight is 192 g/mol. The van der Waals surface area contributed by atoms with Gasteiger partial charge in [0.1, 0.15) is 0 Å². The van der Waals surface area contributed by atoms with Gasteiger partial charge in [-0.1, -0.05) is 6.92 Å². The maximum atomic E-state index is 5.78. The number of anilines is 2. The van der Waals surface area contributed by atoms with Crippen molar-refractivity contribution in [2.75, 3.05) is 23.7 Å². The van der Waals surface area contributed by atoms with E-state index in [1.54, 1.807) is 12.4 Å². The molecule has 1 saturated heterocycles. The van der Waals surface area contributed by atoms with E-state index < -0.39 is 0 Å². The second-order valence-corrected chi connectivity index (χ2v) is 3.96. The van der Waals surface area contributed by atoms with E-state index in [0.29, 0.717) is 5.82 Å². The number of rotatable bonds is 1. The quantitative estimate of drug-likeness (QED) is 0.728. The van der Waals surface area contributed by atoms with Crippen molar-refractivity contribution in [3.05, 3.63) is 12.4 Å². The molecule has 2 N–H and O–H groups in total. The van der Waals surface area contributed by atoms with Crippen LogP contribution in [0.1, 0.15) is 19.8 Å². The van der Waals surface area contributed by atoms with Crippen molar-refractivity contribution >= 4 is 11.6 Å². The summed E-state index contributed by atoms with van der Waals surface area (Å²) < 4.78 is 0. The highest BCUT2D eigenvalue weighted by Gasteiger charge is 2.19. The highest BCUT2D eigenvalue weighted by Crippen LogP contribution is 2.23. The molecule has 0 aromatic carbocycles. The molecule has 1 fully saturated rings. The van der Waals surface area contributed by atoms with Crippen molar-refractivity contribution in [3.63, 3.8) is 0 Å². The summed E-state index contributed by atoms with van der Waals surface area (Å²) in [5.74, 6) is 2.12. The first-order valence-corrected chi connectivity index (χ1v) is 5.09. The van der Waals surface area contributed by atoms with E-state index in [4.69, 9.17) is 5.73 Å². The van der Waals surface area contributed by atoms with Crippen molar-refractivity contribution in [1.82, 2.24) is 9.97 Å². The Morgan fingerprint density at radius 2 is 2.21 bits per heavy atom. The lowest BCUT2D eigenvalue weighted by Crippen LogP contribution is -2.35. The average Bonchev–Trinajstić information content (AvgIpc) is 2.18. The Bertz CT molecular complexity index is 313. The molecule has 1 aliphatic heterocycles. The zero-order valence-electron chi connectivity index (χ0n) is 8.48. The number of nitrogens with zero attached hydrogens (tertiary/aromatic N) is 3. The normalized spacial score (nSPS) is 22.4. The SMILES string of the molecule is CC1CCCN(c2nccnc2N)C1. The van der Waals surface area contributed by atoms with Gasteiger partial charge in [0.05, 0.1) is 0 Å². The minimum absolute atomic E-state index is 0.543. The predicted molar refractivity (Wildman–Crippen MR) is 57.1 cm³/mol. The van der Waals surface area contributed by atoms with Crippen molar-refractivity contribution in [3.8, 4) is 0 Å². The zero-order chi connectivity index (χ0) is 9.97. The van der Waals surface area contributed by atoms with Crippen molar-refractivity contribution in [2.45, 2.75) is 19.8 Å². The molecule has 0 saturated carbocycles. The molecule has 1 unspecified atom stereocenters. The van der Waals surface area contributed by atoms with Crippen molar-refractivity contribution < 1.29 is 0 Å². The van der Waals surface area contributed by atoms with Crippen LogP contribution in [0.5, 0.6) is 0 Å². The van der Waals surface area contributed by atoms with Gasteiger partial charge < -0.3 is 10.6 Å². The van der Waals surface area contributed by atoms with Gasteiger partial charge >= 0.3 is 0 Å². The first-order chi connectivity index (χ1) is 6.77. The number of nitrogens with two attached hydrogens (primary N) is 1. The fourth-order valence-corrected chi connectivity index (χ4v) is 1.97. The zero-order valence-corrected chi connectivity index (χ0v) is 8.48. The molecule has 0 radical (unpaired) electrons. The van der Waals surface area contributed by atoms with Crippen LogP contribution < -0.4 is 10.6 Å². The molecule has 76 valence electrons. The van der Waals surface area contributed by atoms with Gasteiger partial charge in [0.15, 0.2) is 11.6 Å². The molecule has 2 heterocycles. The summed E-state index contributed by atoms with van der Waals surface area (Å²) in [5, 5.41) is 0. The number of hydrogen-bond acceptors (Lipinski definition) is 4. The van der Waals surface area contributed by atoms with Crippen LogP contribution in [0.2, 0.25) is 0 Å². The summed E-state index contributed by atoms with van der Waals surface area (Å²) in [4.78, 5) is 10.6. The fraction of sp³-hybridized carbons (Fsp3) is 0.600. The van der Waals surface area contributed by atoms with Gasteiger partial charge in [-0.3, -0.25) is 0 Å². The van der Waals surface area contributed by atoms with Crippen molar-refractivity contribution in [1.29, 1.82) is 0 Å². The topological polar surface area (TPSA) is 55.0 Å². The summed E-state index contributed by atoms with van der Waals surface area (Å²) in [7, 11) is 0. The monoisotopic (exact) mass is 192 g/mol. The van der Waals surface area contributed by atoms with E-state index in [-0.39, 0.29) is 0 Å². The lowest BCUT2D eigenvalue weighted by molar-refractivity contribution is 0.444. The Morgan fingerprint density at radius 1 is 1.43 bits per heavy atom. The molecule has 4 nitrogen and oxygen atoms in total. The molecule has 14 heavy (non-hydrogen) atoms. The van der Waals surface area contributed by atoms with E-state index >= 15 is 0 Å². The Hall–Kier alpha value is -1.32. The Kier molecular flexibility index (Phi) is 2.52. The molecule has 1 atom stereocenters. The van der Waals surface area contributed by atoms with Crippen LogP contribution >= 0.6 is 0 Å². The first kappa shape index (κ1) is 9.24. The Morgan fingerprint density at radius 3 is 2.93 bits per heavy atom. The van der Waals surface area contributed by atoms with Crippen molar-refractivity contribution in [2.24, 2.45) is 5.92 Å². The standard InChI is InChI=1S/C10H16N4/c1-8-3-2-6-14(7-8)10-9(11)12-4-5-13-10/h4-5,8H,2-3,6-7H2,1H3,(H2,11,12). The van der Waals surface area contributed by atoms with E-state index in [0.717, 1.165) is 24.8 Å². The Labute approximate surface area is 84.2 Å². The largest absolute Gasteiger partial charge is 0.381 e. The maximum Gasteiger partial charge on any atom is 0.171 e. The lowest BCUT2D eigenvalue weighted by Gasteiger charge is -2.31. The first-order valence-electron chi connectivity index (χ1n) is 5.09. The van der Waals surface area contributed by atoms with E-state index in [9.17, 15) is 0 Å². The lowest BCUT2D eigenvalue weighted by atomic mass is 10.0.